The van der Waals surface area contributed by atoms with Gasteiger partial charge in [-0.25, -0.2) is 0 Å². The second-order valence-electron chi connectivity index (χ2n) is 8.27. The van der Waals surface area contributed by atoms with E-state index in [2.05, 4.69) is 25.4 Å². The van der Waals surface area contributed by atoms with Gasteiger partial charge in [-0.2, -0.15) is 10.2 Å². The van der Waals surface area contributed by atoms with Crippen LogP contribution in [0.5, 0.6) is 0 Å². The molecule has 30 heavy (non-hydrogen) atoms. The summed E-state index contributed by atoms with van der Waals surface area (Å²) in [5, 5.41) is 10.5. The molecule has 1 fully saturated rings. The normalized spacial score (nSPS) is 19.7. The minimum atomic E-state index is -0.161. The lowest BCUT2D eigenvalue weighted by Crippen LogP contribution is -2.42. The van der Waals surface area contributed by atoms with Crippen LogP contribution < -0.4 is 5.32 Å². The summed E-state index contributed by atoms with van der Waals surface area (Å²) in [6.45, 7) is 5.88. The number of carbonyl (C=O) groups excluding carboxylic acids is 2. The quantitative estimate of drug-likeness (QED) is 0.805. The van der Waals surface area contributed by atoms with Gasteiger partial charge in [0.15, 0.2) is 0 Å². The Bertz CT molecular complexity index is 868. The summed E-state index contributed by atoms with van der Waals surface area (Å²) in [5.41, 5.74) is 3.50. The average Bonchev–Trinajstić information content (AvgIpc) is 2.88. The molecule has 1 N–H and O–H groups in total. The number of hydrogen-bond acceptors (Lipinski definition) is 6. The molecule has 2 amide bonds. The number of aryl methyl sites for hydroxylation is 2. The lowest BCUT2D eigenvalue weighted by Gasteiger charge is -2.25. The highest BCUT2D eigenvalue weighted by Crippen LogP contribution is 2.19. The maximum atomic E-state index is 13.1. The van der Waals surface area contributed by atoms with E-state index in [0.717, 1.165) is 29.8 Å². The van der Waals surface area contributed by atoms with Crippen molar-refractivity contribution in [2.75, 3.05) is 27.2 Å². The zero-order valence-corrected chi connectivity index (χ0v) is 18.1. The molecule has 3 rings (SSSR count). The Morgan fingerprint density at radius 1 is 1.20 bits per heavy atom. The largest absolute Gasteiger partial charge is 0.348 e. The minimum Gasteiger partial charge on any atom is -0.348 e. The van der Waals surface area contributed by atoms with E-state index in [-0.39, 0.29) is 23.8 Å². The van der Waals surface area contributed by atoms with Crippen molar-refractivity contribution in [2.24, 2.45) is 5.92 Å². The van der Waals surface area contributed by atoms with Gasteiger partial charge in [0.1, 0.15) is 0 Å². The zero-order chi connectivity index (χ0) is 21.7. The van der Waals surface area contributed by atoms with Crippen LogP contribution in [0.3, 0.4) is 0 Å². The second-order valence-corrected chi connectivity index (χ2v) is 8.27. The molecule has 0 saturated carbocycles. The molecule has 8 nitrogen and oxygen atoms in total. The van der Waals surface area contributed by atoms with Crippen LogP contribution in [0.4, 0.5) is 0 Å². The van der Waals surface area contributed by atoms with Crippen molar-refractivity contribution < 1.29 is 9.59 Å². The van der Waals surface area contributed by atoms with Crippen molar-refractivity contribution in [3.63, 3.8) is 0 Å². The predicted molar refractivity (Wildman–Crippen MR) is 114 cm³/mol. The van der Waals surface area contributed by atoms with Crippen LogP contribution in [0.2, 0.25) is 0 Å². The van der Waals surface area contributed by atoms with Gasteiger partial charge >= 0.3 is 0 Å². The van der Waals surface area contributed by atoms with E-state index in [1.54, 1.807) is 11.0 Å². The number of likely N-dealkylation sites (N-methyl/N-ethyl adjacent to an activating group) is 1. The highest BCUT2D eigenvalue weighted by molar-refractivity contribution is 5.93. The Balaban J connectivity index is 1.59. The molecular weight excluding hydrogens is 380 g/mol. The van der Waals surface area contributed by atoms with E-state index in [0.29, 0.717) is 25.2 Å². The smallest absolute Gasteiger partial charge is 0.253 e. The maximum Gasteiger partial charge on any atom is 0.253 e. The Morgan fingerprint density at radius 2 is 2.00 bits per heavy atom. The van der Waals surface area contributed by atoms with Crippen LogP contribution in [0.25, 0.3) is 0 Å². The van der Waals surface area contributed by atoms with E-state index >= 15 is 0 Å². The van der Waals surface area contributed by atoms with E-state index in [9.17, 15) is 9.59 Å². The summed E-state index contributed by atoms with van der Waals surface area (Å²) in [7, 11) is 3.83. The van der Waals surface area contributed by atoms with Gasteiger partial charge in [0.05, 0.1) is 36.1 Å². The van der Waals surface area contributed by atoms with Crippen molar-refractivity contribution in [3.05, 3.63) is 53.1 Å². The average molecular weight is 411 g/mol. The summed E-state index contributed by atoms with van der Waals surface area (Å²) in [6, 6.07) is 5.68. The fraction of sp³-hybridized carbons (Fsp3) is 0.500. The Morgan fingerprint density at radius 3 is 2.70 bits per heavy atom. The molecule has 0 aliphatic carbocycles. The second kappa shape index (κ2) is 9.75. The molecule has 1 aliphatic rings. The van der Waals surface area contributed by atoms with Crippen molar-refractivity contribution in [3.8, 4) is 0 Å². The molecule has 3 heterocycles. The van der Waals surface area contributed by atoms with E-state index in [1.165, 1.54) is 12.4 Å². The van der Waals surface area contributed by atoms with Crippen LogP contribution in [0, 0.1) is 19.8 Å². The standard InChI is InChI=1S/C22H30N6O2/c1-15-9-16(2)25-20(10-15)14-28(4)22(30)18-5-6-19(13-27(3)12-18)26-21(29)17-7-8-23-24-11-17/h7-11,18-19H,5-6,12-14H2,1-4H3,(H,26,29)/t18-,19+/m1/s1. The van der Waals surface area contributed by atoms with Gasteiger partial charge in [0, 0.05) is 31.9 Å². The molecule has 160 valence electrons. The number of likely N-dealkylation sites (tertiary alicyclic amines) is 1. The lowest BCUT2D eigenvalue weighted by molar-refractivity contribution is -0.135. The number of nitrogens with one attached hydrogen (secondary N) is 1. The SMILES string of the molecule is Cc1cc(C)nc(CN(C)C(=O)[C@@H]2CC[C@H](NC(=O)c3ccnnc3)CN(C)C2)c1. The third kappa shape index (κ3) is 5.82. The summed E-state index contributed by atoms with van der Waals surface area (Å²) in [6.07, 6.45) is 4.44. The van der Waals surface area contributed by atoms with Gasteiger partial charge in [-0.3, -0.25) is 14.6 Å². The van der Waals surface area contributed by atoms with Crippen molar-refractivity contribution in [1.29, 1.82) is 0 Å². The minimum absolute atomic E-state index is 0.0140. The molecule has 2 aromatic rings. The monoisotopic (exact) mass is 410 g/mol. The third-order valence-corrected chi connectivity index (χ3v) is 5.38. The number of hydrogen-bond donors (Lipinski definition) is 1. The van der Waals surface area contributed by atoms with Crippen molar-refractivity contribution >= 4 is 11.8 Å². The highest BCUT2D eigenvalue weighted by Gasteiger charge is 2.29. The lowest BCUT2D eigenvalue weighted by atomic mass is 10.00. The van der Waals surface area contributed by atoms with Gasteiger partial charge in [-0.15, -0.1) is 0 Å². The number of pyridine rings is 1. The topological polar surface area (TPSA) is 91.3 Å². The fourth-order valence-electron chi connectivity index (χ4n) is 4.06. The van der Waals surface area contributed by atoms with E-state index in [4.69, 9.17) is 0 Å². The predicted octanol–water partition coefficient (Wildman–Crippen LogP) is 1.59. The van der Waals surface area contributed by atoms with Crippen LogP contribution >= 0.6 is 0 Å². The van der Waals surface area contributed by atoms with Crippen molar-refractivity contribution in [2.45, 2.75) is 39.3 Å². The number of nitrogens with zero attached hydrogens (tertiary/aromatic N) is 5. The van der Waals surface area contributed by atoms with E-state index < -0.39 is 0 Å². The zero-order valence-electron chi connectivity index (χ0n) is 18.1. The van der Waals surface area contributed by atoms with Crippen molar-refractivity contribution in [1.82, 2.24) is 30.3 Å². The molecule has 1 saturated heterocycles. The van der Waals surface area contributed by atoms with Gasteiger partial charge < -0.3 is 15.1 Å². The Labute approximate surface area is 177 Å². The molecule has 1 aliphatic heterocycles. The molecule has 8 heteroatoms. The summed E-state index contributed by atoms with van der Waals surface area (Å²) in [5.74, 6) is -0.144. The first-order valence-corrected chi connectivity index (χ1v) is 10.3. The molecule has 2 atom stereocenters. The molecule has 0 aromatic carbocycles. The van der Waals surface area contributed by atoms with E-state index in [1.807, 2.05) is 40.1 Å². The van der Waals surface area contributed by atoms with Gasteiger partial charge in [0.25, 0.3) is 5.91 Å². The van der Waals surface area contributed by atoms with Gasteiger partial charge in [0.2, 0.25) is 5.91 Å². The Hall–Kier alpha value is -2.87. The van der Waals surface area contributed by atoms with Gasteiger partial charge in [-0.1, -0.05) is 0 Å². The summed E-state index contributed by atoms with van der Waals surface area (Å²) < 4.78 is 0. The molecule has 0 radical (unpaired) electrons. The number of amides is 2. The molecule has 0 unspecified atom stereocenters. The maximum absolute atomic E-state index is 13.1. The van der Waals surface area contributed by atoms with Crippen LogP contribution in [0.15, 0.2) is 30.6 Å². The van der Waals surface area contributed by atoms with Gasteiger partial charge in [-0.05, 0) is 57.5 Å². The molecule has 0 spiro atoms. The first-order valence-electron chi connectivity index (χ1n) is 10.3. The Kier molecular flexibility index (Phi) is 7.10. The first-order chi connectivity index (χ1) is 14.3. The molecule has 2 aromatic heterocycles. The van der Waals surface area contributed by atoms with Crippen LogP contribution in [0.1, 0.15) is 40.2 Å². The fourth-order valence-corrected chi connectivity index (χ4v) is 4.06. The molecular formula is C22H30N6O2. The number of rotatable bonds is 5. The highest BCUT2D eigenvalue weighted by atomic mass is 16.2. The summed E-state index contributed by atoms with van der Waals surface area (Å²) >= 11 is 0. The molecule has 0 bridgehead atoms. The van der Waals surface area contributed by atoms with Crippen LogP contribution in [-0.4, -0.2) is 70.0 Å². The summed E-state index contributed by atoms with van der Waals surface area (Å²) in [4.78, 5) is 34.0. The first kappa shape index (κ1) is 21.8. The number of aromatic nitrogens is 3. The third-order valence-electron chi connectivity index (χ3n) is 5.38. The number of carbonyl (C=O) groups is 2. The van der Waals surface area contributed by atoms with Crippen LogP contribution in [-0.2, 0) is 11.3 Å².